The monoisotopic (exact) mass is 463 g/mol. The van der Waals surface area contributed by atoms with Gasteiger partial charge in [-0.1, -0.05) is 78.1 Å². The van der Waals surface area contributed by atoms with Crippen molar-refractivity contribution in [1.29, 1.82) is 0 Å². The Hall–Kier alpha value is 1.46. The Bertz CT molecular complexity index is 243. The zero-order valence-electron chi connectivity index (χ0n) is 14.5. The molecule has 131 valence electrons. The molecular weight excluding hydrogens is 431 g/mol. The molecule has 0 heterocycles. The van der Waals surface area contributed by atoms with Gasteiger partial charge in [0.1, 0.15) is 0 Å². The first kappa shape index (κ1) is 25.7. The van der Waals surface area contributed by atoms with Crippen LogP contribution in [0.2, 0.25) is 0 Å². The van der Waals surface area contributed by atoms with E-state index in [0.29, 0.717) is 0 Å². The number of phosphoric ester groups is 1. The molecule has 0 spiro atoms. The third-order valence-electron chi connectivity index (χ3n) is 3.49. The van der Waals surface area contributed by atoms with Gasteiger partial charge < -0.3 is 13.9 Å². The second-order valence-electron chi connectivity index (χ2n) is 5.65. The summed E-state index contributed by atoms with van der Waals surface area (Å²) in [7, 11) is -4.07. The first-order chi connectivity index (χ1) is 10.1. The predicted molar refractivity (Wildman–Crippen MR) is 86.3 cm³/mol. The van der Waals surface area contributed by atoms with Crippen LogP contribution >= 0.6 is 7.82 Å². The van der Waals surface area contributed by atoms with Crippen molar-refractivity contribution in [3.05, 3.63) is 0 Å². The summed E-state index contributed by atoms with van der Waals surface area (Å²) in [6, 6.07) is 0. The van der Waals surface area contributed by atoms with Gasteiger partial charge in [-0.05, 0) is 12.8 Å². The maximum atomic E-state index is 11.5. The molecule has 4 nitrogen and oxygen atoms in total. The van der Waals surface area contributed by atoms with Gasteiger partial charge in [0.2, 0.25) is 0 Å². The number of rotatable bonds is 16. The fourth-order valence-electron chi connectivity index (χ4n) is 2.15. The Morgan fingerprint density at radius 2 is 1.00 bits per heavy atom. The Morgan fingerprint density at radius 3 is 1.36 bits per heavy atom. The molecule has 0 aliphatic rings. The smallest absolute Gasteiger partial charge is 0.756 e. The van der Waals surface area contributed by atoms with E-state index in [9.17, 15) is 9.46 Å². The van der Waals surface area contributed by atoms with Crippen molar-refractivity contribution in [1.82, 2.24) is 0 Å². The molecule has 0 N–H and O–H groups in total. The van der Waals surface area contributed by atoms with Crippen LogP contribution in [0, 0.1) is 40.8 Å². The second-order valence-corrected chi connectivity index (χ2v) is 7.06. The Kier molecular flexibility index (Phi) is 22.0. The summed E-state index contributed by atoms with van der Waals surface area (Å²) in [5.74, 6) is 0. The average Bonchev–Trinajstić information content (AvgIpc) is 2.45. The van der Waals surface area contributed by atoms with Crippen LogP contribution in [0.1, 0.15) is 90.9 Å². The standard InChI is InChI=1S/C16H35O4P.Nd/c1-3-5-7-9-11-13-15-19-21(17,18)20-16-14-12-10-8-6-4-2;/h3-16H2,1-2H3,(H,17,18);/q;+1/p-1. The molecule has 1 radical (unpaired) electrons. The summed E-state index contributed by atoms with van der Waals surface area (Å²) in [5.41, 5.74) is 0. The first-order valence-electron chi connectivity index (χ1n) is 8.72. The van der Waals surface area contributed by atoms with Crippen molar-refractivity contribution in [3.63, 3.8) is 0 Å². The van der Waals surface area contributed by atoms with Crippen LogP contribution in [0.5, 0.6) is 0 Å². The molecule has 0 unspecified atom stereocenters. The van der Waals surface area contributed by atoms with E-state index in [4.69, 9.17) is 9.05 Å². The summed E-state index contributed by atoms with van der Waals surface area (Å²) in [5, 5.41) is 0. The molecule has 0 fully saturated rings. The molecule has 22 heavy (non-hydrogen) atoms. The molecule has 0 atom stereocenters. The minimum atomic E-state index is -4.07. The van der Waals surface area contributed by atoms with E-state index >= 15 is 0 Å². The fourth-order valence-corrected chi connectivity index (χ4v) is 2.93. The van der Waals surface area contributed by atoms with Crippen LogP contribution in [-0.2, 0) is 13.6 Å². The van der Waals surface area contributed by atoms with E-state index in [-0.39, 0.29) is 54.1 Å². The van der Waals surface area contributed by atoms with Gasteiger partial charge in [0.25, 0.3) is 7.82 Å². The molecule has 0 aromatic carbocycles. The Labute approximate surface area is 170 Å². The maximum Gasteiger partial charge on any atom is 1.00 e. The molecule has 0 rings (SSSR count). The van der Waals surface area contributed by atoms with Crippen molar-refractivity contribution >= 4 is 7.82 Å². The van der Waals surface area contributed by atoms with Gasteiger partial charge >= 0.3 is 40.8 Å². The van der Waals surface area contributed by atoms with Crippen LogP contribution in [0.4, 0.5) is 0 Å². The molecule has 6 heteroatoms. The van der Waals surface area contributed by atoms with E-state index in [1.807, 2.05) is 0 Å². The van der Waals surface area contributed by atoms with Crippen molar-refractivity contribution in [2.24, 2.45) is 0 Å². The predicted octanol–water partition coefficient (Wildman–Crippen LogP) is 5.21. The van der Waals surface area contributed by atoms with E-state index in [2.05, 4.69) is 13.8 Å². The van der Waals surface area contributed by atoms with Crippen molar-refractivity contribution in [2.45, 2.75) is 90.9 Å². The second kappa shape index (κ2) is 18.8. The van der Waals surface area contributed by atoms with Gasteiger partial charge in [0.05, 0.1) is 13.2 Å². The largest absolute Gasteiger partial charge is 1.00 e. The molecule has 0 saturated heterocycles. The number of hydrogen-bond acceptors (Lipinski definition) is 4. The van der Waals surface area contributed by atoms with Crippen molar-refractivity contribution in [3.8, 4) is 0 Å². The van der Waals surface area contributed by atoms with Gasteiger partial charge in [-0.2, -0.15) is 0 Å². The van der Waals surface area contributed by atoms with Crippen LogP contribution in [0.3, 0.4) is 0 Å². The molecule has 0 aliphatic heterocycles. The Morgan fingerprint density at radius 1 is 0.682 bits per heavy atom. The minimum absolute atomic E-state index is 0. The van der Waals surface area contributed by atoms with Crippen molar-refractivity contribution in [2.75, 3.05) is 13.2 Å². The van der Waals surface area contributed by atoms with Gasteiger partial charge in [0, 0.05) is 0 Å². The Balaban J connectivity index is 0. The third-order valence-corrected chi connectivity index (χ3v) is 4.49. The van der Waals surface area contributed by atoms with E-state index in [1.165, 1.54) is 38.5 Å². The van der Waals surface area contributed by atoms with Crippen LogP contribution in [0.15, 0.2) is 0 Å². The molecule has 0 saturated carbocycles. The first-order valence-corrected chi connectivity index (χ1v) is 10.2. The van der Waals surface area contributed by atoms with Gasteiger partial charge in [-0.3, -0.25) is 4.57 Å². The molecule has 0 aliphatic carbocycles. The minimum Gasteiger partial charge on any atom is -0.756 e. The van der Waals surface area contributed by atoms with Crippen LogP contribution in [-0.4, -0.2) is 13.2 Å². The van der Waals surface area contributed by atoms with Crippen molar-refractivity contribution < 1.29 is 59.3 Å². The average molecular weight is 466 g/mol. The SMILES string of the molecule is CCCCCCCCOP(=O)([O-])OCCCCCCCC.[Nd+]. The fraction of sp³-hybridized carbons (Fsp3) is 1.00. The number of unbranched alkanes of at least 4 members (excludes halogenated alkanes) is 10. The topological polar surface area (TPSA) is 58.6 Å². The summed E-state index contributed by atoms with van der Waals surface area (Å²) in [6.07, 6.45) is 13.3. The van der Waals surface area contributed by atoms with E-state index in [1.54, 1.807) is 0 Å². The zero-order valence-corrected chi connectivity index (χ0v) is 18.6. The number of phosphoric acid groups is 1. The number of hydrogen-bond donors (Lipinski definition) is 0. The van der Waals surface area contributed by atoms with Crippen LogP contribution in [0.25, 0.3) is 0 Å². The molecular formula is C16H34NdO4P. The summed E-state index contributed by atoms with van der Waals surface area (Å²) in [6.45, 7) is 4.86. The van der Waals surface area contributed by atoms with Gasteiger partial charge in [0.15, 0.2) is 0 Å². The van der Waals surface area contributed by atoms with E-state index < -0.39 is 7.82 Å². The molecule has 0 aromatic heterocycles. The summed E-state index contributed by atoms with van der Waals surface area (Å²) >= 11 is 0. The maximum absolute atomic E-state index is 11.5. The normalized spacial score (nSPS) is 11.4. The molecule has 0 aromatic rings. The summed E-state index contributed by atoms with van der Waals surface area (Å²) in [4.78, 5) is 11.5. The van der Waals surface area contributed by atoms with Gasteiger partial charge in [-0.15, -0.1) is 0 Å². The van der Waals surface area contributed by atoms with Gasteiger partial charge in [-0.25, -0.2) is 0 Å². The zero-order chi connectivity index (χ0) is 15.8. The summed E-state index contributed by atoms with van der Waals surface area (Å²) < 4.78 is 21.2. The third kappa shape index (κ3) is 19.5. The molecule has 0 bridgehead atoms. The quantitative estimate of drug-likeness (QED) is 0.232. The van der Waals surface area contributed by atoms with Crippen LogP contribution < -0.4 is 4.89 Å². The van der Waals surface area contributed by atoms with E-state index in [0.717, 1.165) is 38.5 Å². The molecule has 0 amide bonds.